The molecule has 0 fully saturated rings. The zero-order chi connectivity index (χ0) is 8.20. The highest BCUT2D eigenvalue weighted by Crippen LogP contribution is 2.14. The molecule has 0 rings (SSSR count). The van der Waals surface area contributed by atoms with E-state index < -0.39 is 5.60 Å². The van der Waals surface area contributed by atoms with E-state index in [9.17, 15) is 5.11 Å². The van der Waals surface area contributed by atoms with E-state index in [0.29, 0.717) is 5.92 Å². The average Bonchev–Trinajstić information content (AvgIpc) is 1.59. The van der Waals surface area contributed by atoms with Gasteiger partial charge in [-0.2, -0.15) is 0 Å². The van der Waals surface area contributed by atoms with E-state index in [4.69, 9.17) is 0 Å². The summed E-state index contributed by atoms with van der Waals surface area (Å²) in [6.07, 6.45) is 3.07. The molecular formula is C9H19O. The summed E-state index contributed by atoms with van der Waals surface area (Å²) < 4.78 is 0. The summed E-state index contributed by atoms with van der Waals surface area (Å²) in [4.78, 5) is 0. The average molecular weight is 143 g/mol. The molecule has 0 aromatic heterocycles. The van der Waals surface area contributed by atoms with E-state index in [2.05, 4.69) is 13.8 Å². The van der Waals surface area contributed by atoms with Gasteiger partial charge in [0.15, 0.2) is 0 Å². The Labute approximate surface area is 64.5 Å². The van der Waals surface area contributed by atoms with Gasteiger partial charge in [-0.25, -0.2) is 0 Å². The van der Waals surface area contributed by atoms with Crippen LogP contribution in [0, 0.1) is 12.8 Å². The second-order valence-electron chi connectivity index (χ2n) is 3.81. The maximum Gasteiger partial charge on any atom is 0.0591 e. The lowest BCUT2D eigenvalue weighted by Crippen LogP contribution is -2.18. The largest absolute Gasteiger partial charge is 0.390 e. The second kappa shape index (κ2) is 3.97. The molecule has 0 saturated heterocycles. The van der Waals surface area contributed by atoms with Crippen molar-refractivity contribution in [3.8, 4) is 0 Å². The zero-order valence-corrected chi connectivity index (χ0v) is 7.35. The second-order valence-corrected chi connectivity index (χ2v) is 3.81. The molecule has 0 amide bonds. The molecule has 1 nitrogen and oxygen atoms in total. The molecule has 1 radical (unpaired) electrons. The quantitative estimate of drug-likeness (QED) is 0.640. The SMILES string of the molecule is [CH2]C(C)CCCC(C)(C)O. The third-order valence-electron chi connectivity index (χ3n) is 1.49. The van der Waals surface area contributed by atoms with Crippen LogP contribution in [0.15, 0.2) is 0 Å². The van der Waals surface area contributed by atoms with Crippen LogP contribution in [0.5, 0.6) is 0 Å². The van der Waals surface area contributed by atoms with Gasteiger partial charge >= 0.3 is 0 Å². The fourth-order valence-corrected chi connectivity index (χ4v) is 0.883. The van der Waals surface area contributed by atoms with Gasteiger partial charge < -0.3 is 5.11 Å². The monoisotopic (exact) mass is 143 g/mol. The van der Waals surface area contributed by atoms with Gasteiger partial charge in [-0.15, -0.1) is 0 Å². The van der Waals surface area contributed by atoms with E-state index in [1.165, 1.54) is 0 Å². The van der Waals surface area contributed by atoms with Gasteiger partial charge in [-0.1, -0.05) is 26.7 Å². The molecule has 0 bridgehead atoms. The standard InChI is InChI=1S/C9H19O/c1-8(2)6-5-7-9(3,4)10/h8,10H,1,5-7H2,2-4H3. The predicted octanol–water partition coefficient (Wildman–Crippen LogP) is 2.40. The van der Waals surface area contributed by atoms with Crippen molar-refractivity contribution in [3.05, 3.63) is 6.92 Å². The van der Waals surface area contributed by atoms with Crippen molar-refractivity contribution in [2.24, 2.45) is 5.92 Å². The Morgan fingerprint density at radius 1 is 1.50 bits per heavy atom. The smallest absolute Gasteiger partial charge is 0.0591 e. The molecule has 0 aliphatic rings. The normalized spacial score (nSPS) is 12.6. The van der Waals surface area contributed by atoms with Gasteiger partial charge in [0, 0.05) is 0 Å². The van der Waals surface area contributed by atoms with Gasteiger partial charge in [0.25, 0.3) is 0 Å². The minimum Gasteiger partial charge on any atom is -0.390 e. The van der Waals surface area contributed by atoms with Crippen LogP contribution in [0.3, 0.4) is 0 Å². The molecule has 0 saturated carbocycles. The van der Waals surface area contributed by atoms with E-state index in [1.807, 2.05) is 13.8 Å². The van der Waals surface area contributed by atoms with Gasteiger partial charge in [0.1, 0.15) is 0 Å². The molecule has 0 aliphatic heterocycles. The maximum atomic E-state index is 9.31. The molecule has 61 valence electrons. The van der Waals surface area contributed by atoms with Crippen LogP contribution < -0.4 is 0 Å². The highest BCUT2D eigenvalue weighted by Gasteiger charge is 2.11. The minimum atomic E-state index is -0.491. The third-order valence-corrected chi connectivity index (χ3v) is 1.49. The highest BCUT2D eigenvalue weighted by atomic mass is 16.3. The summed E-state index contributed by atoms with van der Waals surface area (Å²) in [5.41, 5.74) is -0.491. The summed E-state index contributed by atoms with van der Waals surface area (Å²) in [6, 6.07) is 0. The maximum absolute atomic E-state index is 9.31. The summed E-state index contributed by atoms with van der Waals surface area (Å²) in [6.45, 7) is 9.67. The Kier molecular flexibility index (Phi) is 3.95. The first-order valence-electron chi connectivity index (χ1n) is 3.97. The van der Waals surface area contributed by atoms with E-state index in [1.54, 1.807) is 0 Å². The Morgan fingerprint density at radius 2 is 2.00 bits per heavy atom. The molecule has 1 heteroatoms. The first-order valence-corrected chi connectivity index (χ1v) is 3.97. The van der Waals surface area contributed by atoms with Gasteiger partial charge in [-0.05, 0) is 26.2 Å². The van der Waals surface area contributed by atoms with Crippen LogP contribution in [0.25, 0.3) is 0 Å². The lowest BCUT2D eigenvalue weighted by molar-refractivity contribution is 0.0675. The van der Waals surface area contributed by atoms with Crippen molar-refractivity contribution in [2.45, 2.75) is 45.6 Å². The first-order chi connectivity index (χ1) is 4.42. The van der Waals surface area contributed by atoms with Gasteiger partial charge in [0.2, 0.25) is 0 Å². The van der Waals surface area contributed by atoms with Crippen LogP contribution in [0.2, 0.25) is 0 Å². The Hall–Kier alpha value is -0.0400. The Balaban J connectivity index is 3.21. The summed E-state index contributed by atoms with van der Waals surface area (Å²) in [7, 11) is 0. The van der Waals surface area contributed by atoms with Crippen LogP contribution in [0.4, 0.5) is 0 Å². The number of hydrogen-bond donors (Lipinski definition) is 1. The lowest BCUT2D eigenvalue weighted by Gasteiger charge is -2.16. The van der Waals surface area contributed by atoms with Crippen LogP contribution in [-0.4, -0.2) is 10.7 Å². The van der Waals surface area contributed by atoms with Crippen molar-refractivity contribution < 1.29 is 5.11 Å². The van der Waals surface area contributed by atoms with Crippen LogP contribution in [0.1, 0.15) is 40.0 Å². The molecule has 0 spiro atoms. The highest BCUT2D eigenvalue weighted by molar-refractivity contribution is 4.65. The van der Waals surface area contributed by atoms with E-state index in [0.717, 1.165) is 19.3 Å². The van der Waals surface area contributed by atoms with Crippen molar-refractivity contribution in [1.82, 2.24) is 0 Å². The summed E-state index contributed by atoms with van der Waals surface area (Å²) in [5, 5.41) is 9.31. The number of hydrogen-bond acceptors (Lipinski definition) is 1. The molecule has 0 heterocycles. The Bertz CT molecular complexity index is 79.2. The van der Waals surface area contributed by atoms with Gasteiger partial charge in [-0.3, -0.25) is 0 Å². The summed E-state index contributed by atoms with van der Waals surface area (Å²) >= 11 is 0. The Morgan fingerprint density at radius 3 is 2.30 bits per heavy atom. The molecule has 0 aromatic carbocycles. The van der Waals surface area contributed by atoms with Crippen molar-refractivity contribution >= 4 is 0 Å². The van der Waals surface area contributed by atoms with Gasteiger partial charge in [0.05, 0.1) is 5.60 Å². The van der Waals surface area contributed by atoms with Crippen LogP contribution in [-0.2, 0) is 0 Å². The van der Waals surface area contributed by atoms with Crippen LogP contribution >= 0.6 is 0 Å². The molecular weight excluding hydrogens is 124 g/mol. The molecule has 1 unspecified atom stereocenters. The zero-order valence-electron chi connectivity index (χ0n) is 7.35. The summed E-state index contributed by atoms with van der Waals surface area (Å²) in [5.74, 6) is 0.516. The lowest BCUT2D eigenvalue weighted by atomic mass is 9.98. The number of rotatable bonds is 4. The minimum absolute atomic E-state index is 0.491. The third kappa shape index (κ3) is 7.96. The molecule has 0 aliphatic carbocycles. The number of aliphatic hydroxyl groups is 1. The van der Waals surface area contributed by atoms with Crippen molar-refractivity contribution in [1.29, 1.82) is 0 Å². The molecule has 10 heavy (non-hydrogen) atoms. The fraction of sp³-hybridized carbons (Fsp3) is 0.889. The predicted molar refractivity (Wildman–Crippen MR) is 44.7 cm³/mol. The van der Waals surface area contributed by atoms with Crippen molar-refractivity contribution in [2.75, 3.05) is 0 Å². The first kappa shape index (κ1) is 9.96. The van der Waals surface area contributed by atoms with Crippen molar-refractivity contribution in [3.63, 3.8) is 0 Å². The fourth-order valence-electron chi connectivity index (χ4n) is 0.883. The molecule has 1 atom stereocenters. The van der Waals surface area contributed by atoms with E-state index >= 15 is 0 Å². The topological polar surface area (TPSA) is 20.2 Å². The van der Waals surface area contributed by atoms with E-state index in [-0.39, 0.29) is 0 Å². The molecule has 0 aromatic rings. The molecule has 1 N–H and O–H groups in total.